The maximum Gasteiger partial charge on any atom is 0.168 e. The zero-order valence-electron chi connectivity index (χ0n) is 15.3. The lowest BCUT2D eigenvalue weighted by Gasteiger charge is -2.24. The van der Waals surface area contributed by atoms with Crippen LogP contribution in [0.2, 0.25) is 0 Å². The number of likely N-dealkylation sites (N-methyl/N-ethyl adjacent to an activating group) is 2. The Morgan fingerprint density at radius 1 is 1.27 bits per heavy atom. The molecule has 0 saturated carbocycles. The quantitative estimate of drug-likeness (QED) is 0.866. The van der Waals surface area contributed by atoms with Crippen molar-refractivity contribution in [1.29, 1.82) is 0 Å². The van der Waals surface area contributed by atoms with Crippen molar-refractivity contribution in [1.82, 2.24) is 20.3 Å². The molecule has 0 unspecified atom stereocenters. The van der Waals surface area contributed by atoms with Gasteiger partial charge in [-0.05, 0) is 42.7 Å². The van der Waals surface area contributed by atoms with Crippen molar-refractivity contribution in [2.45, 2.75) is 20.4 Å². The lowest BCUT2D eigenvalue weighted by atomic mass is 9.93. The Hall–Kier alpha value is -3.08. The number of hydrogen-bond acceptors (Lipinski definition) is 5. The van der Waals surface area contributed by atoms with E-state index in [1.807, 2.05) is 42.3 Å². The number of rotatable bonds is 3. The SMILES string of the molecule is CCN1NC=C2C1=C(C=O)N(C)Cc1ccc(-c3cccnc3C)cc12. The molecule has 5 heteroatoms. The van der Waals surface area contributed by atoms with E-state index in [0.717, 1.165) is 46.5 Å². The predicted molar refractivity (Wildman–Crippen MR) is 102 cm³/mol. The van der Waals surface area contributed by atoms with Gasteiger partial charge in [0.15, 0.2) is 6.29 Å². The van der Waals surface area contributed by atoms with Crippen LogP contribution in [0.15, 0.2) is 54.1 Å². The van der Waals surface area contributed by atoms with E-state index in [4.69, 9.17) is 0 Å². The van der Waals surface area contributed by atoms with Crippen molar-refractivity contribution < 1.29 is 4.79 Å². The van der Waals surface area contributed by atoms with Crippen LogP contribution in [0, 0.1) is 6.92 Å². The summed E-state index contributed by atoms with van der Waals surface area (Å²) in [5, 5.41) is 2.02. The van der Waals surface area contributed by atoms with Crippen LogP contribution in [-0.2, 0) is 11.3 Å². The van der Waals surface area contributed by atoms with Gasteiger partial charge < -0.3 is 10.3 Å². The van der Waals surface area contributed by atoms with E-state index in [1.165, 1.54) is 5.56 Å². The van der Waals surface area contributed by atoms with E-state index in [-0.39, 0.29) is 0 Å². The Labute approximate surface area is 153 Å². The first-order valence-corrected chi connectivity index (χ1v) is 8.84. The van der Waals surface area contributed by atoms with Gasteiger partial charge >= 0.3 is 0 Å². The fraction of sp³-hybridized carbons (Fsp3) is 0.238. The molecule has 0 bridgehead atoms. The van der Waals surface area contributed by atoms with Crippen molar-refractivity contribution in [3.8, 4) is 11.1 Å². The summed E-state index contributed by atoms with van der Waals surface area (Å²) in [4.78, 5) is 18.3. The second kappa shape index (κ2) is 6.33. The summed E-state index contributed by atoms with van der Waals surface area (Å²) >= 11 is 0. The van der Waals surface area contributed by atoms with E-state index < -0.39 is 0 Å². The van der Waals surface area contributed by atoms with Crippen LogP contribution in [-0.4, -0.2) is 34.8 Å². The number of nitrogens with one attached hydrogen (secondary N) is 1. The Morgan fingerprint density at radius 3 is 2.85 bits per heavy atom. The molecule has 0 aliphatic carbocycles. The van der Waals surface area contributed by atoms with Gasteiger partial charge in [0.05, 0.1) is 5.70 Å². The molecule has 0 amide bonds. The van der Waals surface area contributed by atoms with Crippen LogP contribution in [0.3, 0.4) is 0 Å². The first kappa shape index (κ1) is 16.4. The van der Waals surface area contributed by atoms with Crippen LogP contribution < -0.4 is 5.43 Å². The summed E-state index contributed by atoms with van der Waals surface area (Å²) in [5.41, 5.74) is 11.7. The average molecular weight is 346 g/mol. The number of carbonyl (C=O) groups excluding carboxylic acids is 1. The van der Waals surface area contributed by atoms with Gasteiger partial charge in [-0.2, -0.15) is 0 Å². The van der Waals surface area contributed by atoms with E-state index >= 15 is 0 Å². The van der Waals surface area contributed by atoms with E-state index in [9.17, 15) is 4.79 Å². The highest BCUT2D eigenvalue weighted by Gasteiger charge is 2.30. The minimum Gasteiger partial charge on any atom is -0.366 e. The third-order valence-corrected chi connectivity index (χ3v) is 5.10. The van der Waals surface area contributed by atoms with Crippen LogP contribution in [0.5, 0.6) is 0 Å². The monoisotopic (exact) mass is 346 g/mol. The highest BCUT2D eigenvalue weighted by molar-refractivity contribution is 5.91. The van der Waals surface area contributed by atoms with Crippen molar-refractivity contribution in [3.05, 3.63) is 70.9 Å². The molecule has 26 heavy (non-hydrogen) atoms. The van der Waals surface area contributed by atoms with Gasteiger partial charge in [-0.15, -0.1) is 0 Å². The molecule has 132 valence electrons. The van der Waals surface area contributed by atoms with E-state index in [2.05, 4.69) is 41.6 Å². The Kier molecular flexibility index (Phi) is 3.99. The third kappa shape index (κ3) is 2.47. The molecule has 3 heterocycles. The Bertz CT molecular complexity index is 945. The van der Waals surface area contributed by atoms with Crippen molar-refractivity contribution >= 4 is 11.9 Å². The molecule has 1 aromatic heterocycles. The second-order valence-corrected chi connectivity index (χ2v) is 6.65. The summed E-state index contributed by atoms with van der Waals surface area (Å²) in [6, 6.07) is 10.6. The van der Waals surface area contributed by atoms with Gasteiger partial charge in [0.25, 0.3) is 0 Å². The number of allylic oxidation sites excluding steroid dienone is 2. The van der Waals surface area contributed by atoms with E-state index in [0.29, 0.717) is 12.2 Å². The number of hydrogen-bond donors (Lipinski definition) is 1. The van der Waals surface area contributed by atoms with Gasteiger partial charge in [0.1, 0.15) is 5.70 Å². The molecule has 5 nitrogen and oxygen atoms in total. The fourth-order valence-electron chi connectivity index (χ4n) is 3.74. The van der Waals surface area contributed by atoms with Crippen molar-refractivity contribution in [3.63, 3.8) is 0 Å². The molecule has 0 saturated heterocycles. The zero-order chi connectivity index (χ0) is 18.3. The number of aldehydes is 1. The van der Waals surface area contributed by atoms with Crippen LogP contribution in [0.4, 0.5) is 0 Å². The van der Waals surface area contributed by atoms with E-state index in [1.54, 1.807) is 0 Å². The van der Waals surface area contributed by atoms with Gasteiger partial charge in [0.2, 0.25) is 0 Å². The normalized spacial score (nSPS) is 15.9. The minimum atomic E-state index is 0.702. The Balaban J connectivity index is 1.91. The number of carbonyl (C=O) groups is 1. The molecule has 2 aliphatic rings. The number of nitrogens with zero attached hydrogens (tertiary/aromatic N) is 3. The predicted octanol–water partition coefficient (Wildman–Crippen LogP) is 3.09. The zero-order valence-corrected chi connectivity index (χ0v) is 15.3. The molecule has 4 rings (SSSR count). The number of fused-ring (bicyclic) bond motifs is 3. The molecule has 0 spiro atoms. The highest BCUT2D eigenvalue weighted by atomic mass is 16.1. The molecule has 2 aromatic rings. The fourth-order valence-corrected chi connectivity index (χ4v) is 3.74. The van der Waals surface area contributed by atoms with Gasteiger partial charge in [-0.3, -0.25) is 14.8 Å². The summed E-state index contributed by atoms with van der Waals surface area (Å²) in [7, 11) is 1.97. The molecular formula is C21H22N4O. The number of pyridine rings is 1. The molecule has 2 aliphatic heterocycles. The highest BCUT2D eigenvalue weighted by Crippen LogP contribution is 2.39. The first-order valence-electron chi connectivity index (χ1n) is 8.84. The lowest BCUT2D eigenvalue weighted by Crippen LogP contribution is -2.31. The first-order chi connectivity index (χ1) is 12.6. The van der Waals surface area contributed by atoms with Gasteiger partial charge in [-0.25, -0.2) is 0 Å². The summed E-state index contributed by atoms with van der Waals surface area (Å²) < 4.78 is 0. The Morgan fingerprint density at radius 2 is 2.12 bits per heavy atom. The number of aryl methyl sites for hydroxylation is 1. The second-order valence-electron chi connectivity index (χ2n) is 6.65. The smallest absolute Gasteiger partial charge is 0.168 e. The molecule has 0 atom stereocenters. The maximum atomic E-state index is 11.8. The van der Waals surface area contributed by atoms with Crippen molar-refractivity contribution in [2.24, 2.45) is 0 Å². The molecule has 1 N–H and O–H groups in total. The minimum absolute atomic E-state index is 0.702. The summed E-state index contributed by atoms with van der Waals surface area (Å²) in [6.45, 7) is 5.57. The molecule has 0 fully saturated rings. The number of benzene rings is 1. The topological polar surface area (TPSA) is 48.5 Å². The van der Waals surface area contributed by atoms with Crippen LogP contribution in [0.1, 0.15) is 23.7 Å². The molecule has 0 radical (unpaired) electrons. The van der Waals surface area contributed by atoms with Crippen molar-refractivity contribution in [2.75, 3.05) is 13.6 Å². The third-order valence-electron chi connectivity index (χ3n) is 5.10. The maximum absolute atomic E-state index is 11.8. The average Bonchev–Trinajstić information content (AvgIpc) is 3.02. The number of hydrazine groups is 1. The van der Waals surface area contributed by atoms with Gasteiger partial charge in [-0.1, -0.05) is 18.2 Å². The van der Waals surface area contributed by atoms with Gasteiger partial charge in [0, 0.05) is 49.4 Å². The lowest BCUT2D eigenvalue weighted by molar-refractivity contribution is -0.106. The number of aromatic nitrogens is 1. The molecular weight excluding hydrogens is 324 g/mol. The van der Waals surface area contributed by atoms with Crippen LogP contribution >= 0.6 is 0 Å². The van der Waals surface area contributed by atoms with Crippen LogP contribution in [0.25, 0.3) is 16.7 Å². The largest absolute Gasteiger partial charge is 0.366 e. The summed E-state index contributed by atoms with van der Waals surface area (Å²) in [5.74, 6) is 0. The summed E-state index contributed by atoms with van der Waals surface area (Å²) in [6.07, 6.45) is 4.77. The standard InChI is InChI=1S/C21H22N4O/c1-4-25-21-19(11-23-25)18-10-15(17-6-5-9-22-14(17)2)7-8-16(18)12-24(3)20(21)13-26/h5-11,13,23H,4,12H2,1-3H3. The molecule has 1 aromatic carbocycles.